The first-order valence-electron chi connectivity index (χ1n) is 6.15. The summed E-state index contributed by atoms with van der Waals surface area (Å²) in [5.74, 6) is -2.00. The van der Waals surface area contributed by atoms with E-state index >= 15 is 0 Å². The van der Waals surface area contributed by atoms with E-state index in [0.717, 1.165) is 11.6 Å². The van der Waals surface area contributed by atoms with Gasteiger partial charge in [-0.15, -0.1) is 0 Å². The molecule has 0 aliphatic carbocycles. The molecule has 1 aromatic carbocycles. The molecule has 2 aromatic rings. The van der Waals surface area contributed by atoms with Gasteiger partial charge >= 0.3 is 5.97 Å². The first-order valence-corrected chi connectivity index (χ1v) is 6.15. The van der Waals surface area contributed by atoms with Gasteiger partial charge in [-0.1, -0.05) is 32.0 Å². The lowest BCUT2D eigenvalue weighted by Crippen LogP contribution is -2.04. The van der Waals surface area contributed by atoms with Gasteiger partial charge in [0.1, 0.15) is 11.3 Å². The van der Waals surface area contributed by atoms with E-state index in [1.54, 1.807) is 12.1 Å². The van der Waals surface area contributed by atoms with Crippen molar-refractivity contribution in [3.05, 3.63) is 53.5 Å². The minimum atomic E-state index is -1.35. The second-order valence-corrected chi connectivity index (χ2v) is 4.58. The minimum Gasteiger partial charge on any atom is -0.478 e. The van der Waals surface area contributed by atoms with E-state index < -0.39 is 17.3 Å². The van der Waals surface area contributed by atoms with E-state index in [1.807, 2.05) is 26.0 Å². The lowest BCUT2D eigenvalue weighted by Gasteiger charge is -2.13. The van der Waals surface area contributed by atoms with Crippen molar-refractivity contribution in [2.75, 3.05) is 0 Å². The van der Waals surface area contributed by atoms with E-state index in [4.69, 9.17) is 9.84 Å². The molecular weight excluding hydrogens is 261 g/mol. The Bertz CT molecular complexity index is 641. The zero-order valence-corrected chi connectivity index (χ0v) is 11.1. The molecule has 0 saturated heterocycles. The summed E-state index contributed by atoms with van der Waals surface area (Å²) in [5.41, 5.74) is 0.437. The fraction of sp³-hybridized carbons (Fsp3) is 0.200. The van der Waals surface area contributed by atoms with Gasteiger partial charge in [-0.25, -0.2) is 14.2 Å². The number of nitrogens with zero attached hydrogens (tertiary/aromatic N) is 1. The summed E-state index contributed by atoms with van der Waals surface area (Å²) >= 11 is 0. The van der Waals surface area contributed by atoms with Gasteiger partial charge in [-0.3, -0.25) is 0 Å². The number of halogens is 1. The summed E-state index contributed by atoms with van der Waals surface area (Å²) in [4.78, 5) is 14.6. The van der Waals surface area contributed by atoms with Crippen LogP contribution in [0.2, 0.25) is 0 Å². The highest BCUT2D eigenvalue weighted by atomic mass is 19.1. The maximum Gasteiger partial charge on any atom is 0.338 e. The monoisotopic (exact) mass is 275 g/mol. The Kier molecular flexibility index (Phi) is 3.98. The van der Waals surface area contributed by atoms with Crippen LogP contribution in [0.15, 0.2) is 36.5 Å². The van der Waals surface area contributed by atoms with Crippen LogP contribution in [0.4, 0.5) is 4.39 Å². The van der Waals surface area contributed by atoms with Crippen LogP contribution in [-0.4, -0.2) is 16.1 Å². The molecule has 1 aromatic heterocycles. The quantitative estimate of drug-likeness (QED) is 0.921. The van der Waals surface area contributed by atoms with Gasteiger partial charge in [0.25, 0.3) is 5.88 Å². The van der Waals surface area contributed by atoms with Gasteiger partial charge < -0.3 is 9.84 Å². The summed E-state index contributed by atoms with van der Waals surface area (Å²) in [6.45, 7) is 3.97. The van der Waals surface area contributed by atoms with Crippen molar-refractivity contribution < 1.29 is 19.0 Å². The molecule has 0 radical (unpaired) electrons. The lowest BCUT2D eigenvalue weighted by molar-refractivity contribution is 0.0690. The predicted molar refractivity (Wildman–Crippen MR) is 71.8 cm³/mol. The van der Waals surface area contributed by atoms with Crippen LogP contribution in [0.3, 0.4) is 0 Å². The number of benzene rings is 1. The Morgan fingerprint density at radius 2 is 2.00 bits per heavy atom. The number of rotatable bonds is 4. The van der Waals surface area contributed by atoms with Crippen LogP contribution in [0, 0.1) is 5.82 Å². The largest absolute Gasteiger partial charge is 0.478 e. The molecule has 104 valence electrons. The first kappa shape index (κ1) is 14.0. The molecule has 0 saturated carbocycles. The summed E-state index contributed by atoms with van der Waals surface area (Å²) in [6, 6.07) is 8.29. The van der Waals surface area contributed by atoms with Gasteiger partial charge in [0, 0.05) is 6.20 Å². The molecule has 0 aliphatic rings. The normalized spacial score (nSPS) is 10.6. The molecule has 0 bridgehead atoms. The SMILES string of the molecule is CC(C)c1ccccc1Oc1nccc(C(=O)O)c1F. The van der Waals surface area contributed by atoms with E-state index in [-0.39, 0.29) is 11.8 Å². The van der Waals surface area contributed by atoms with Crippen LogP contribution in [0.5, 0.6) is 11.6 Å². The second kappa shape index (κ2) is 5.69. The minimum absolute atomic E-state index is 0.192. The number of carbonyl (C=O) groups is 1. The molecule has 0 aliphatic heterocycles. The summed E-state index contributed by atoms with van der Waals surface area (Å²) in [5, 5.41) is 8.88. The topological polar surface area (TPSA) is 59.4 Å². The average Bonchev–Trinajstić information content (AvgIpc) is 2.41. The van der Waals surface area contributed by atoms with Crippen molar-refractivity contribution in [3.8, 4) is 11.6 Å². The molecule has 1 N–H and O–H groups in total. The smallest absolute Gasteiger partial charge is 0.338 e. The zero-order chi connectivity index (χ0) is 14.7. The van der Waals surface area contributed by atoms with E-state index in [0.29, 0.717) is 5.75 Å². The Balaban J connectivity index is 2.41. The Morgan fingerprint density at radius 1 is 1.30 bits per heavy atom. The third-order valence-electron chi connectivity index (χ3n) is 2.84. The Morgan fingerprint density at radius 3 is 2.65 bits per heavy atom. The maximum absolute atomic E-state index is 14.0. The molecular formula is C15H14FNO3. The fourth-order valence-electron chi connectivity index (χ4n) is 1.82. The first-order chi connectivity index (χ1) is 9.50. The standard InChI is InChI=1S/C15H14FNO3/c1-9(2)10-5-3-4-6-12(10)20-14-13(16)11(15(18)19)7-8-17-14/h3-9H,1-2H3,(H,18,19). The fourth-order valence-corrected chi connectivity index (χ4v) is 1.82. The highest BCUT2D eigenvalue weighted by Crippen LogP contribution is 2.31. The second-order valence-electron chi connectivity index (χ2n) is 4.58. The van der Waals surface area contributed by atoms with Gasteiger partial charge in [0.2, 0.25) is 0 Å². The molecule has 0 amide bonds. The molecule has 1 heterocycles. The Labute approximate surface area is 115 Å². The number of hydrogen-bond donors (Lipinski definition) is 1. The molecule has 5 heteroatoms. The number of para-hydroxylation sites is 1. The van der Waals surface area contributed by atoms with Crippen molar-refractivity contribution >= 4 is 5.97 Å². The molecule has 2 rings (SSSR count). The molecule has 20 heavy (non-hydrogen) atoms. The highest BCUT2D eigenvalue weighted by Gasteiger charge is 2.18. The summed E-state index contributed by atoms with van der Waals surface area (Å²) < 4.78 is 19.4. The van der Waals surface area contributed by atoms with Crippen molar-refractivity contribution in [1.29, 1.82) is 0 Å². The van der Waals surface area contributed by atoms with Gasteiger partial charge in [0.15, 0.2) is 5.82 Å². The molecule has 0 atom stereocenters. The van der Waals surface area contributed by atoms with Crippen molar-refractivity contribution in [3.63, 3.8) is 0 Å². The van der Waals surface area contributed by atoms with Crippen molar-refractivity contribution in [2.45, 2.75) is 19.8 Å². The maximum atomic E-state index is 14.0. The number of pyridine rings is 1. The van der Waals surface area contributed by atoms with E-state index in [2.05, 4.69) is 4.98 Å². The van der Waals surface area contributed by atoms with Crippen molar-refractivity contribution in [2.24, 2.45) is 0 Å². The lowest BCUT2D eigenvalue weighted by atomic mass is 10.0. The van der Waals surface area contributed by atoms with Crippen LogP contribution in [0.25, 0.3) is 0 Å². The average molecular weight is 275 g/mol. The zero-order valence-electron chi connectivity index (χ0n) is 11.1. The number of aromatic carboxylic acids is 1. The van der Waals surface area contributed by atoms with Crippen LogP contribution >= 0.6 is 0 Å². The van der Waals surface area contributed by atoms with Crippen molar-refractivity contribution in [1.82, 2.24) is 4.98 Å². The number of hydrogen-bond acceptors (Lipinski definition) is 3. The predicted octanol–water partition coefficient (Wildman–Crippen LogP) is 3.83. The van der Waals surface area contributed by atoms with Gasteiger partial charge in [-0.05, 0) is 23.6 Å². The van der Waals surface area contributed by atoms with E-state index in [9.17, 15) is 9.18 Å². The van der Waals surface area contributed by atoms with Crippen LogP contribution < -0.4 is 4.74 Å². The van der Waals surface area contributed by atoms with Crippen LogP contribution in [-0.2, 0) is 0 Å². The third kappa shape index (κ3) is 2.77. The molecule has 4 nitrogen and oxygen atoms in total. The molecule has 0 unspecified atom stereocenters. The summed E-state index contributed by atoms with van der Waals surface area (Å²) in [6.07, 6.45) is 1.21. The molecule has 0 spiro atoms. The van der Waals surface area contributed by atoms with Gasteiger partial charge in [0.05, 0.1) is 0 Å². The third-order valence-corrected chi connectivity index (χ3v) is 2.84. The Hall–Kier alpha value is -2.43. The number of carboxylic acids is 1. The summed E-state index contributed by atoms with van der Waals surface area (Å²) in [7, 11) is 0. The van der Waals surface area contributed by atoms with E-state index in [1.165, 1.54) is 6.20 Å². The van der Waals surface area contributed by atoms with Crippen LogP contribution in [0.1, 0.15) is 35.7 Å². The number of ether oxygens (including phenoxy) is 1. The number of aromatic nitrogens is 1. The highest BCUT2D eigenvalue weighted by molar-refractivity contribution is 5.88. The number of carboxylic acid groups (broad SMARTS) is 1. The molecule has 0 fully saturated rings. The van der Waals surface area contributed by atoms with Gasteiger partial charge in [-0.2, -0.15) is 0 Å².